The van der Waals surface area contributed by atoms with Crippen LogP contribution in [0.25, 0.3) is 0 Å². The van der Waals surface area contributed by atoms with Gasteiger partial charge in [-0.2, -0.15) is 0 Å². The minimum atomic E-state index is 0.552. The summed E-state index contributed by atoms with van der Waals surface area (Å²) in [5.41, 5.74) is 6.00. The third-order valence-corrected chi connectivity index (χ3v) is 3.86. The largest absolute Gasteiger partial charge is 0.329 e. The third kappa shape index (κ3) is 6.42. The summed E-state index contributed by atoms with van der Waals surface area (Å²) < 4.78 is 0. The van der Waals surface area contributed by atoms with Crippen LogP contribution >= 0.6 is 0 Å². The van der Waals surface area contributed by atoms with Crippen molar-refractivity contribution < 1.29 is 0 Å². The highest BCUT2D eigenvalue weighted by atomic mass is 15.2. The second-order valence-corrected chi connectivity index (χ2v) is 6.01. The lowest BCUT2D eigenvalue weighted by molar-refractivity contribution is 0.128. The van der Waals surface area contributed by atoms with Crippen molar-refractivity contribution in [1.29, 1.82) is 0 Å². The van der Waals surface area contributed by atoms with Gasteiger partial charge in [0.15, 0.2) is 0 Å². The highest BCUT2D eigenvalue weighted by Gasteiger charge is 2.23. The van der Waals surface area contributed by atoms with Crippen molar-refractivity contribution in [3.05, 3.63) is 0 Å². The molecule has 0 aromatic heterocycles. The Morgan fingerprint density at radius 2 is 1.65 bits per heavy atom. The molecule has 0 bridgehead atoms. The Labute approximate surface area is 109 Å². The molecular formula is C15H34N2. The van der Waals surface area contributed by atoms with Gasteiger partial charge in [0.05, 0.1) is 0 Å². The van der Waals surface area contributed by atoms with Crippen LogP contribution in [0.5, 0.6) is 0 Å². The van der Waals surface area contributed by atoms with E-state index in [1.165, 1.54) is 19.4 Å². The van der Waals surface area contributed by atoms with Crippen molar-refractivity contribution in [3.63, 3.8) is 0 Å². The summed E-state index contributed by atoms with van der Waals surface area (Å²) in [6.45, 7) is 16.9. The van der Waals surface area contributed by atoms with Crippen LogP contribution in [-0.4, -0.2) is 30.6 Å². The van der Waals surface area contributed by atoms with Crippen molar-refractivity contribution in [2.75, 3.05) is 19.6 Å². The first-order chi connectivity index (χ1) is 7.96. The predicted octanol–water partition coefficient (Wildman–Crippen LogP) is 3.36. The number of hydrogen-bond acceptors (Lipinski definition) is 2. The predicted molar refractivity (Wildman–Crippen MR) is 78.2 cm³/mol. The highest BCUT2D eigenvalue weighted by Crippen LogP contribution is 2.20. The normalized spacial score (nSPS) is 17.5. The topological polar surface area (TPSA) is 29.3 Å². The number of rotatable bonds is 9. The van der Waals surface area contributed by atoms with E-state index < -0.39 is 0 Å². The van der Waals surface area contributed by atoms with Crippen LogP contribution in [-0.2, 0) is 0 Å². The third-order valence-electron chi connectivity index (χ3n) is 3.86. The molecule has 3 atom stereocenters. The second-order valence-electron chi connectivity index (χ2n) is 6.01. The Kier molecular flexibility index (Phi) is 8.89. The average molecular weight is 242 g/mol. The molecule has 3 unspecified atom stereocenters. The molecule has 2 heteroatoms. The van der Waals surface area contributed by atoms with E-state index in [9.17, 15) is 0 Å². The molecule has 0 aliphatic rings. The molecule has 0 saturated carbocycles. The Bertz CT molecular complexity index is 180. The average Bonchev–Trinajstić information content (AvgIpc) is 2.27. The highest BCUT2D eigenvalue weighted by molar-refractivity contribution is 4.79. The minimum absolute atomic E-state index is 0.552. The summed E-state index contributed by atoms with van der Waals surface area (Å²) in [5, 5.41) is 0. The Morgan fingerprint density at radius 3 is 2.00 bits per heavy atom. The molecule has 0 amide bonds. The summed E-state index contributed by atoms with van der Waals surface area (Å²) >= 11 is 0. The van der Waals surface area contributed by atoms with Crippen LogP contribution < -0.4 is 5.73 Å². The molecule has 0 saturated heterocycles. The van der Waals surface area contributed by atoms with Gasteiger partial charge in [-0.3, -0.25) is 4.90 Å². The van der Waals surface area contributed by atoms with E-state index >= 15 is 0 Å². The molecule has 0 rings (SSSR count). The molecule has 17 heavy (non-hydrogen) atoms. The fourth-order valence-corrected chi connectivity index (χ4v) is 2.67. The summed E-state index contributed by atoms with van der Waals surface area (Å²) in [4.78, 5) is 2.58. The molecule has 0 aromatic rings. The molecule has 0 heterocycles. The van der Waals surface area contributed by atoms with E-state index in [0.29, 0.717) is 12.0 Å². The minimum Gasteiger partial charge on any atom is -0.329 e. The van der Waals surface area contributed by atoms with Crippen molar-refractivity contribution in [1.82, 2.24) is 4.90 Å². The first-order valence-corrected chi connectivity index (χ1v) is 7.40. The monoisotopic (exact) mass is 242 g/mol. The molecule has 0 aromatic carbocycles. The van der Waals surface area contributed by atoms with Gasteiger partial charge in [0, 0.05) is 19.1 Å². The van der Waals surface area contributed by atoms with Crippen LogP contribution in [0.15, 0.2) is 0 Å². The number of likely N-dealkylation sites (N-methyl/N-ethyl adjacent to an activating group) is 1. The standard InChI is InChI=1S/C15H34N2/c1-7-13(5)11-17(8-2)15(10-16)14(6)9-12(3)4/h12-15H,7-11,16H2,1-6H3. The van der Waals surface area contributed by atoms with Crippen molar-refractivity contribution in [2.45, 2.75) is 60.4 Å². The van der Waals surface area contributed by atoms with E-state index in [-0.39, 0.29) is 0 Å². The molecule has 2 N–H and O–H groups in total. The van der Waals surface area contributed by atoms with Crippen LogP contribution in [0.4, 0.5) is 0 Å². The Morgan fingerprint density at radius 1 is 1.06 bits per heavy atom. The van der Waals surface area contributed by atoms with Gasteiger partial charge >= 0.3 is 0 Å². The SMILES string of the molecule is CCC(C)CN(CC)C(CN)C(C)CC(C)C. The van der Waals surface area contributed by atoms with Gasteiger partial charge in [-0.05, 0) is 30.7 Å². The van der Waals surface area contributed by atoms with Gasteiger partial charge in [-0.25, -0.2) is 0 Å². The fourth-order valence-electron chi connectivity index (χ4n) is 2.67. The summed E-state index contributed by atoms with van der Waals surface area (Å²) in [6, 6.07) is 0.552. The first-order valence-electron chi connectivity index (χ1n) is 7.40. The lowest BCUT2D eigenvalue weighted by Gasteiger charge is -2.36. The maximum atomic E-state index is 6.00. The van der Waals surface area contributed by atoms with Gasteiger partial charge in [-0.15, -0.1) is 0 Å². The van der Waals surface area contributed by atoms with E-state index in [0.717, 1.165) is 24.9 Å². The maximum absolute atomic E-state index is 6.00. The van der Waals surface area contributed by atoms with Crippen molar-refractivity contribution in [2.24, 2.45) is 23.5 Å². The first kappa shape index (κ1) is 16.9. The van der Waals surface area contributed by atoms with Gasteiger partial charge in [-0.1, -0.05) is 48.0 Å². The zero-order chi connectivity index (χ0) is 13.4. The zero-order valence-corrected chi connectivity index (χ0v) is 12.9. The number of hydrogen-bond donors (Lipinski definition) is 1. The van der Waals surface area contributed by atoms with Gasteiger partial charge in [0.1, 0.15) is 0 Å². The number of nitrogens with two attached hydrogens (primary N) is 1. The van der Waals surface area contributed by atoms with Crippen LogP contribution in [0.3, 0.4) is 0 Å². The Balaban J connectivity index is 4.46. The van der Waals surface area contributed by atoms with Crippen LogP contribution in [0.2, 0.25) is 0 Å². The molecular weight excluding hydrogens is 208 g/mol. The fraction of sp³-hybridized carbons (Fsp3) is 1.00. The van der Waals surface area contributed by atoms with E-state index in [1.54, 1.807) is 0 Å². The molecule has 0 fully saturated rings. The lowest BCUT2D eigenvalue weighted by Crippen LogP contribution is -2.46. The molecule has 0 radical (unpaired) electrons. The summed E-state index contributed by atoms with van der Waals surface area (Å²) in [7, 11) is 0. The maximum Gasteiger partial charge on any atom is 0.0244 e. The quantitative estimate of drug-likeness (QED) is 0.672. The summed E-state index contributed by atoms with van der Waals surface area (Å²) in [6.07, 6.45) is 2.53. The lowest BCUT2D eigenvalue weighted by atomic mass is 9.90. The van der Waals surface area contributed by atoms with Gasteiger partial charge < -0.3 is 5.73 Å². The van der Waals surface area contributed by atoms with Crippen LogP contribution in [0, 0.1) is 17.8 Å². The van der Waals surface area contributed by atoms with E-state index in [2.05, 4.69) is 46.4 Å². The zero-order valence-electron chi connectivity index (χ0n) is 12.9. The van der Waals surface area contributed by atoms with E-state index in [1.807, 2.05) is 0 Å². The van der Waals surface area contributed by atoms with Crippen molar-refractivity contribution in [3.8, 4) is 0 Å². The van der Waals surface area contributed by atoms with Gasteiger partial charge in [0.2, 0.25) is 0 Å². The van der Waals surface area contributed by atoms with Crippen LogP contribution in [0.1, 0.15) is 54.4 Å². The molecule has 0 aliphatic heterocycles. The van der Waals surface area contributed by atoms with E-state index in [4.69, 9.17) is 5.73 Å². The molecule has 2 nitrogen and oxygen atoms in total. The van der Waals surface area contributed by atoms with Crippen molar-refractivity contribution >= 4 is 0 Å². The number of nitrogens with zero attached hydrogens (tertiary/aromatic N) is 1. The Hall–Kier alpha value is -0.0800. The second kappa shape index (κ2) is 8.93. The summed E-state index contributed by atoms with van der Waals surface area (Å²) in [5.74, 6) is 2.24. The molecule has 0 spiro atoms. The molecule has 104 valence electrons. The smallest absolute Gasteiger partial charge is 0.0244 e. The molecule has 0 aliphatic carbocycles. The van der Waals surface area contributed by atoms with Gasteiger partial charge in [0.25, 0.3) is 0 Å².